The van der Waals surface area contributed by atoms with Crippen LogP contribution in [0.15, 0.2) is 27.6 Å². The minimum Gasteiger partial charge on any atom is -0.494 e. The monoisotopic (exact) mass is 428 g/mol. The molecule has 2 aromatic rings. The lowest BCUT2D eigenvalue weighted by atomic mass is 9.86. The van der Waals surface area contributed by atoms with Crippen LogP contribution in [0.1, 0.15) is 69.5 Å². The van der Waals surface area contributed by atoms with Crippen molar-refractivity contribution in [1.29, 1.82) is 0 Å². The van der Waals surface area contributed by atoms with Crippen molar-refractivity contribution in [2.24, 2.45) is 10.9 Å². The van der Waals surface area contributed by atoms with E-state index in [9.17, 15) is 4.79 Å². The summed E-state index contributed by atoms with van der Waals surface area (Å²) >= 11 is 1.69. The zero-order valence-electron chi connectivity index (χ0n) is 18.7. The second-order valence-corrected chi connectivity index (χ2v) is 10.1. The second kappa shape index (κ2) is 8.29. The molecule has 1 aromatic heterocycles. The van der Waals surface area contributed by atoms with Crippen molar-refractivity contribution >= 4 is 33.8 Å². The first-order valence-electron chi connectivity index (χ1n) is 11.0. The van der Waals surface area contributed by atoms with Crippen LogP contribution in [0.4, 0.5) is 0 Å². The molecule has 0 bridgehead atoms. The number of thioether (sulfide) groups is 1. The fourth-order valence-electron chi connectivity index (χ4n) is 4.48. The van der Waals surface area contributed by atoms with E-state index in [0.29, 0.717) is 29.9 Å². The van der Waals surface area contributed by atoms with Crippen molar-refractivity contribution < 1.29 is 13.9 Å². The Morgan fingerprint density at radius 1 is 1.33 bits per heavy atom. The SMILES string of the molecule is CCOc1ccc2oc(C(=O)N3C(=N[C@H]4CCCC[C@H]4C)SCC3(C)C)c(C)c2c1. The highest BCUT2D eigenvalue weighted by Crippen LogP contribution is 2.38. The number of carbonyl (C=O) groups is 1. The first-order chi connectivity index (χ1) is 14.3. The van der Waals surface area contributed by atoms with Crippen molar-refractivity contribution in [1.82, 2.24) is 4.90 Å². The molecule has 4 rings (SSSR count). The van der Waals surface area contributed by atoms with Gasteiger partial charge in [0.1, 0.15) is 11.3 Å². The topological polar surface area (TPSA) is 55.0 Å². The molecular formula is C24H32N2O3S. The molecule has 1 saturated carbocycles. The number of amides is 1. The van der Waals surface area contributed by atoms with E-state index < -0.39 is 0 Å². The fourth-order valence-corrected chi connectivity index (χ4v) is 5.76. The van der Waals surface area contributed by atoms with Gasteiger partial charge in [0.2, 0.25) is 0 Å². The number of carbonyl (C=O) groups excluding carboxylic acids is 1. The smallest absolute Gasteiger partial charge is 0.296 e. The molecule has 1 aliphatic heterocycles. The summed E-state index contributed by atoms with van der Waals surface area (Å²) < 4.78 is 11.7. The van der Waals surface area contributed by atoms with E-state index in [4.69, 9.17) is 14.1 Å². The van der Waals surface area contributed by atoms with Crippen LogP contribution in [0, 0.1) is 12.8 Å². The maximum atomic E-state index is 13.7. The predicted octanol–water partition coefficient (Wildman–Crippen LogP) is 6.04. The van der Waals surface area contributed by atoms with Gasteiger partial charge in [-0.3, -0.25) is 14.7 Å². The normalized spacial score (nSPS) is 25.2. The number of amidine groups is 1. The molecule has 30 heavy (non-hydrogen) atoms. The standard InChI is InChI=1S/C24H32N2O3S/c1-6-28-17-11-12-20-18(13-17)16(3)21(29-20)22(27)26-23(30-14-24(26,4)5)25-19-10-8-7-9-15(19)2/h11-13,15,19H,6-10,14H2,1-5H3/t15-,19+/m1/s1. The Kier molecular flexibility index (Phi) is 5.88. The molecule has 0 radical (unpaired) electrons. The van der Waals surface area contributed by atoms with Gasteiger partial charge in [-0.05, 0) is 64.7 Å². The van der Waals surface area contributed by atoms with Gasteiger partial charge < -0.3 is 9.15 Å². The molecule has 2 heterocycles. The van der Waals surface area contributed by atoms with Gasteiger partial charge in [0.05, 0.1) is 18.2 Å². The highest BCUT2D eigenvalue weighted by Gasteiger charge is 2.44. The van der Waals surface area contributed by atoms with Gasteiger partial charge >= 0.3 is 0 Å². The summed E-state index contributed by atoms with van der Waals surface area (Å²) in [6, 6.07) is 6.02. The quantitative estimate of drug-likeness (QED) is 0.595. The fraction of sp³-hybridized carbons (Fsp3) is 0.583. The van der Waals surface area contributed by atoms with E-state index in [-0.39, 0.29) is 11.4 Å². The summed E-state index contributed by atoms with van der Waals surface area (Å²) in [5.74, 6) is 2.50. The lowest BCUT2D eigenvalue weighted by Crippen LogP contribution is -2.47. The molecule has 1 aromatic carbocycles. The molecule has 1 aliphatic carbocycles. The summed E-state index contributed by atoms with van der Waals surface area (Å²) in [4.78, 5) is 20.7. The minimum absolute atomic E-state index is 0.0983. The third-order valence-electron chi connectivity index (χ3n) is 6.31. The molecule has 6 heteroatoms. The Morgan fingerprint density at radius 2 is 2.10 bits per heavy atom. The number of furan rings is 1. The average Bonchev–Trinajstić information content (AvgIpc) is 3.19. The predicted molar refractivity (Wildman–Crippen MR) is 124 cm³/mol. The Bertz CT molecular complexity index is 978. The number of rotatable bonds is 4. The van der Waals surface area contributed by atoms with Gasteiger partial charge in [-0.1, -0.05) is 31.5 Å². The number of ether oxygens (including phenoxy) is 1. The molecule has 2 aliphatic rings. The Labute approximate surface area is 183 Å². The zero-order valence-corrected chi connectivity index (χ0v) is 19.5. The maximum Gasteiger partial charge on any atom is 0.296 e. The molecule has 0 unspecified atom stereocenters. The lowest BCUT2D eigenvalue weighted by molar-refractivity contribution is 0.0735. The average molecular weight is 429 g/mol. The number of aryl methyl sites for hydroxylation is 1. The number of fused-ring (bicyclic) bond motifs is 1. The minimum atomic E-state index is -0.305. The third-order valence-corrected chi connectivity index (χ3v) is 7.71. The summed E-state index contributed by atoms with van der Waals surface area (Å²) in [6.07, 6.45) is 4.83. The summed E-state index contributed by atoms with van der Waals surface area (Å²) in [5, 5.41) is 1.77. The van der Waals surface area contributed by atoms with Crippen molar-refractivity contribution in [2.75, 3.05) is 12.4 Å². The first kappa shape index (κ1) is 21.3. The van der Waals surface area contributed by atoms with E-state index >= 15 is 0 Å². The van der Waals surface area contributed by atoms with Gasteiger partial charge in [-0.2, -0.15) is 0 Å². The largest absolute Gasteiger partial charge is 0.494 e. The van der Waals surface area contributed by atoms with Gasteiger partial charge in [-0.25, -0.2) is 0 Å². The van der Waals surface area contributed by atoms with Crippen LogP contribution in [-0.4, -0.2) is 39.9 Å². The van der Waals surface area contributed by atoms with Crippen LogP contribution in [0.25, 0.3) is 11.0 Å². The van der Waals surface area contributed by atoms with Crippen molar-refractivity contribution in [3.63, 3.8) is 0 Å². The van der Waals surface area contributed by atoms with Crippen LogP contribution in [0.2, 0.25) is 0 Å². The van der Waals surface area contributed by atoms with Crippen LogP contribution < -0.4 is 4.74 Å². The Balaban J connectivity index is 1.70. The van der Waals surface area contributed by atoms with E-state index in [1.54, 1.807) is 11.8 Å². The zero-order chi connectivity index (χ0) is 21.5. The van der Waals surface area contributed by atoms with Crippen LogP contribution in [-0.2, 0) is 0 Å². The number of aliphatic imine (C=N–C) groups is 1. The second-order valence-electron chi connectivity index (χ2n) is 9.13. The molecule has 1 saturated heterocycles. The molecule has 0 N–H and O–H groups in total. The molecule has 2 atom stereocenters. The van der Waals surface area contributed by atoms with Crippen molar-refractivity contribution in [3.05, 3.63) is 29.5 Å². The Hall–Kier alpha value is -1.95. The van der Waals surface area contributed by atoms with E-state index in [2.05, 4.69) is 20.8 Å². The van der Waals surface area contributed by atoms with Gasteiger partial charge in [0.15, 0.2) is 10.9 Å². The molecule has 5 nitrogen and oxygen atoms in total. The number of hydrogen-bond acceptors (Lipinski definition) is 5. The third kappa shape index (κ3) is 3.86. The maximum absolute atomic E-state index is 13.7. The summed E-state index contributed by atoms with van der Waals surface area (Å²) in [5.41, 5.74) is 1.26. The lowest BCUT2D eigenvalue weighted by Gasteiger charge is -2.31. The summed E-state index contributed by atoms with van der Waals surface area (Å²) in [7, 11) is 0. The molecule has 1 amide bonds. The van der Waals surface area contributed by atoms with E-state index in [1.807, 2.05) is 36.9 Å². The van der Waals surface area contributed by atoms with Crippen LogP contribution in [0.3, 0.4) is 0 Å². The molecule has 162 valence electrons. The summed E-state index contributed by atoms with van der Waals surface area (Å²) in [6.45, 7) is 11.0. The van der Waals surface area contributed by atoms with Gasteiger partial charge in [0.25, 0.3) is 5.91 Å². The first-order valence-corrected chi connectivity index (χ1v) is 12.0. The van der Waals surface area contributed by atoms with Crippen molar-refractivity contribution in [2.45, 2.75) is 71.9 Å². The molecular weight excluding hydrogens is 396 g/mol. The van der Waals surface area contributed by atoms with E-state index in [0.717, 1.165) is 34.0 Å². The highest BCUT2D eigenvalue weighted by atomic mass is 32.2. The van der Waals surface area contributed by atoms with Crippen molar-refractivity contribution in [3.8, 4) is 5.75 Å². The highest BCUT2D eigenvalue weighted by molar-refractivity contribution is 8.14. The van der Waals surface area contributed by atoms with Gasteiger partial charge in [-0.15, -0.1) is 0 Å². The number of benzene rings is 1. The number of hydrogen-bond donors (Lipinski definition) is 0. The Morgan fingerprint density at radius 3 is 2.83 bits per heavy atom. The molecule has 0 spiro atoms. The van der Waals surface area contributed by atoms with E-state index in [1.165, 1.54) is 19.3 Å². The van der Waals surface area contributed by atoms with Gasteiger partial charge in [0, 0.05) is 16.7 Å². The van der Waals surface area contributed by atoms with Crippen LogP contribution >= 0.6 is 11.8 Å². The number of nitrogens with zero attached hydrogens (tertiary/aromatic N) is 2. The van der Waals surface area contributed by atoms with Crippen LogP contribution in [0.5, 0.6) is 5.75 Å². The molecule has 2 fully saturated rings.